The van der Waals surface area contributed by atoms with Crippen LogP contribution >= 0.6 is 0 Å². The van der Waals surface area contributed by atoms with Gasteiger partial charge in [0.15, 0.2) is 9.84 Å². The zero-order chi connectivity index (χ0) is 12.9. The summed E-state index contributed by atoms with van der Waals surface area (Å²) in [6.45, 7) is 0. The molecular formula is C10H17NO5S. The number of carbonyl (C=O) groups excluding carboxylic acids is 1. The van der Waals surface area contributed by atoms with E-state index in [9.17, 15) is 18.0 Å². The molecule has 17 heavy (non-hydrogen) atoms. The van der Waals surface area contributed by atoms with Crippen LogP contribution in [0.25, 0.3) is 0 Å². The highest BCUT2D eigenvalue weighted by atomic mass is 32.2. The predicted molar refractivity (Wildman–Crippen MR) is 61.3 cm³/mol. The van der Waals surface area contributed by atoms with E-state index in [4.69, 9.17) is 5.11 Å². The zero-order valence-corrected chi connectivity index (χ0v) is 10.3. The van der Waals surface area contributed by atoms with E-state index in [-0.39, 0.29) is 6.04 Å². The fraction of sp³-hybridized carbons (Fsp3) is 0.800. The maximum absolute atomic E-state index is 11.4. The first-order chi connectivity index (χ1) is 7.89. The highest BCUT2D eigenvalue weighted by Gasteiger charge is 2.22. The molecular weight excluding hydrogens is 246 g/mol. The summed E-state index contributed by atoms with van der Waals surface area (Å²) in [4.78, 5) is 21.7. The van der Waals surface area contributed by atoms with Crippen molar-refractivity contribution in [2.75, 3.05) is 11.5 Å². The van der Waals surface area contributed by atoms with E-state index in [2.05, 4.69) is 5.32 Å². The van der Waals surface area contributed by atoms with Crippen molar-refractivity contribution in [3.05, 3.63) is 0 Å². The molecule has 1 amide bonds. The Kier molecular flexibility index (Phi) is 4.92. The van der Waals surface area contributed by atoms with Crippen LogP contribution in [-0.4, -0.2) is 42.9 Å². The molecule has 0 aromatic rings. The second kappa shape index (κ2) is 6.00. The first kappa shape index (κ1) is 14.0. The summed E-state index contributed by atoms with van der Waals surface area (Å²) >= 11 is 0. The van der Waals surface area contributed by atoms with Gasteiger partial charge in [0.05, 0.1) is 0 Å². The molecule has 1 rings (SSSR count). The number of sulfone groups is 1. The van der Waals surface area contributed by atoms with E-state index < -0.39 is 33.2 Å². The Bertz CT molecular complexity index is 384. The van der Waals surface area contributed by atoms with Gasteiger partial charge in [0, 0.05) is 6.04 Å². The van der Waals surface area contributed by atoms with Crippen LogP contribution in [0, 0.1) is 0 Å². The first-order valence-corrected chi connectivity index (χ1v) is 7.43. The molecule has 0 unspecified atom stereocenters. The van der Waals surface area contributed by atoms with Crippen molar-refractivity contribution < 1.29 is 23.1 Å². The number of amides is 1. The smallest absolute Gasteiger partial charge is 0.318 e. The molecule has 1 fully saturated rings. The SMILES string of the molecule is O=C(O)CS(=O)(=O)CC(=O)NC1CCCCC1. The number of nitrogens with one attached hydrogen (secondary N) is 1. The van der Waals surface area contributed by atoms with E-state index in [1.165, 1.54) is 0 Å². The van der Waals surface area contributed by atoms with Crippen LogP contribution < -0.4 is 5.32 Å². The minimum absolute atomic E-state index is 0.0382. The van der Waals surface area contributed by atoms with Crippen LogP contribution in [0.4, 0.5) is 0 Å². The highest BCUT2D eigenvalue weighted by Crippen LogP contribution is 2.17. The maximum Gasteiger partial charge on any atom is 0.318 e. The Morgan fingerprint density at radius 1 is 1.12 bits per heavy atom. The van der Waals surface area contributed by atoms with E-state index >= 15 is 0 Å². The molecule has 0 saturated heterocycles. The summed E-state index contributed by atoms with van der Waals surface area (Å²) in [5.41, 5.74) is 0. The third-order valence-corrected chi connectivity index (χ3v) is 4.05. The molecule has 0 aromatic carbocycles. The zero-order valence-electron chi connectivity index (χ0n) is 9.52. The second-order valence-electron chi connectivity index (χ2n) is 4.33. The molecule has 1 aliphatic rings. The van der Waals surface area contributed by atoms with Gasteiger partial charge in [-0.25, -0.2) is 8.42 Å². The van der Waals surface area contributed by atoms with Gasteiger partial charge in [-0.05, 0) is 12.8 Å². The average Bonchev–Trinajstić information content (AvgIpc) is 2.15. The Morgan fingerprint density at radius 3 is 2.24 bits per heavy atom. The Morgan fingerprint density at radius 2 is 1.71 bits per heavy atom. The number of carboxylic acid groups (broad SMARTS) is 1. The molecule has 0 atom stereocenters. The lowest BCUT2D eigenvalue weighted by molar-refractivity contribution is -0.134. The molecule has 0 spiro atoms. The molecule has 6 nitrogen and oxygen atoms in total. The van der Waals surface area contributed by atoms with Gasteiger partial charge in [-0.1, -0.05) is 19.3 Å². The summed E-state index contributed by atoms with van der Waals surface area (Å²) in [5, 5.41) is 11.0. The quantitative estimate of drug-likeness (QED) is 0.723. The third-order valence-electron chi connectivity index (χ3n) is 2.66. The summed E-state index contributed by atoms with van der Waals surface area (Å²) < 4.78 is 22.5. The van der Waals surface area contributed by atoms with Crippen molar-refractivity contribution in [1.82, 2.24) is 5.32 Å². The van der Waals surface area contributed by atoms with Gasteiger partial charge in [-0.15, -0.1) is 0 Å². The van der Waals surface area contributed by atoms with E-state index in [0.29, 0.717) is 0 Å². The van der Waals surface area contributed by atoms with Gasteiger partial charge >= 0.3 is 5.97 Å². The number of aliphatic carboxylic acids is 1. The van der Waals surface area contributed by atoms with Crippen LogP contribution in [0.15, 0.2) is 0 Å². The summed E-state index contributed by atoms with van der Waals surface area (Å²) in [6.07, 6.45) is 4.94. The molecule has 0 bridgehead atoms. The highest BCUT2D eigenvalue weighted by molar-refractivity contribution is 7.92. The molecule has 0 radical (unpaired) electrons. The molecule has 0 aliphatic heterocycles. The molecule has 0 heterocycles. The van der Waals surface area contributed by atoms with Gasteiger partial charge in [-0.2, -0.15) is 0 Å². The van der Waals surface area contributed by atoms with Crippen molar-refractivity contribution in [2.45, 2.75) is 38.1 Å². The average molecular weight is 263 g/mol. The van der Waals surface area contributed by atoms with E-state index in [0.717, 1.165) is 32.1 Å². The fourth-order valence-electron chi connectivity index (χ4n) is 1.96. The summed E-state index contributed by atoms with van der Waals surface area (Å²) in [6, 6.07) is 0.0382. The van der Waals surface area contributed by atoms with Gasteiger partial charge in [0.1, 0.15) is 11.5 Å². The first-order valence-electron chi connectivity index (χ1n) is 5.60. The Labute approximate surface area is 100 Å². The molecule has 98 valence electrons. The molecule has 1 saturated carbocycles. The Hall–Kier alpha value is -1.11. The van der Waals surface area contributed by atoms with Gasteiger partial charge < -0.3 is 10.4 Å². The molecule has 7 heteroatoms. The van der Waals surface area contributed by atoms with Crippen LogP contribution in [0.5, 0.6) is 0 Å². The van der Waals surface area contributed by atoms with Gasteiger partial charge in [0.25, 0.3) is 0 Å². The number of carboxylic acids is 1. The van der Waals surface area contributed by atoms with Gasteiger partial charge in [-0.3, -0.25) is 9.59 Å². The lowest BCUT2D eigenvalue weighted by atomic mass is 9.95. The summed E-state index contributed by atoms with van der Waals surface area (Å²) in [7, 11) is -3.84. The number of carbonyl (C=O) groups is 2. The van der Waals surface area contributed by atoms with Crippen molar-refractivity contribution in [3.8, 4) is 0 Å². The number of hydrogen-bond donors (Lipinski definition) is 2. The maximum atomic E-state index is 11.4. The third kappa shape index (κ3) is 5.67. The normalized spacial score (nSPS) is 17.6. The Balaban J connectivity index is 2.40. The van der Waals surface area contributed by atoms with Crippen molar-refractivity contribution in [3.63, 3.8) is 0 Å². The van der Waals surface area contributed by atoms with Crippen LogP contribution in [-0.2, 0) is 19.4 Å². The minimum atomic E-state index is -3.84. The molecule has 2 N–H and O–H groups in total. The van der Waals surface area contributed by atoms with Crippen molar-refractivity contribution in [2.24, 2.45) is 0 Å². The van der Waals surface area contributed by atoms with E-state index in [1.54, 1.807) is 0 Å². The standard InChI is InChI=1S/C10H17NO5S/c12-9(6-17(15,16)7-10(13)14)11-8-4-2-1-3-5-8/h8H,1-7H2,(H,11,12)(H,13,14). The lowest BCUT2D eigenvalue weighted by Gasteiger charge is -2.22. The lowest BCUT2D eigenvalue weighted by Crippen LogP contribution is -2.40. The van der Waals surface area contributed by atoms with Crippen LogP contribution in [0.2, 0.25) is 0 Å². The fourth-order valence-corrected chi connectivity index (χ4v) is 2.92. The van der Waals surface area contributed by atoms with Crippen molar-refractivity contribution in [1.29, 1.82) is 0 Å². The van der Waals surface area contributed by atoms with Crippen molar-refractivity contribution >= 4 is 21.7 Å². The summed E-state index contributed by atoms with van der Waals surface area (Å²) in [5.74, 6) is -3.77. The monoisotopic (exact) mass is 263 g/mol. The van der Waals surface area contributed by atoms with E-state index in [1.807, 2.05) is 0 Å². The number of rotatable bonds is 5. The number of hydrogen-bond acceptors (Lipinski definition) is 4. The molecule has 1 aliphatic carbocycles. The second-order valence-corrected chi connectivity index (χ2v) is 6.39. The van der Waals surface area contributed by atoms with Crippen LogP contribution in [0.3, 0.4) is 0 Å². The molecule has 0 aromatic heterocycles. The minimum Gasteiger partial charge on any atom is -0.480 e. The largest absolute Gasteiger partial charge is 0.480 e. The van der Waals surface area contributed by atoms with Crippen LogP contribution in [0.1, 0.15) is 32.1 Å². The predicted octanol–water partition coefficient (Wildman–Crippen LogP) is -0.0653. The topological polar surface area (TPSA) is 101 Å². The van der Waals surface area contributed by atoms with Gasteiger partial charge in [0.2, 0.25) is 5.91 Å².